The Balaban J connectivity index is 2.00. The molecule has 0 amide bonds. The summed E-state index contributed by atoms with van der Waals surface area (Å²) in [5, 5.41) is -0.732. The number of sulfone groups is 1. The first-order chi connectivity index (χ1) is 10.8. The molecule has 2 aromatic carbocycles. The van der Waals surface area contributed by atoms with Gasteiger partial charge in [0.25, 0.3) is 0 Å². The van der Waals surface area contributed by atoms with E-state index in [4.69, 9.17) is 18.0 Å². The molecule has 0 saturated heterocycles. The Morgan fingerprint density at radius 3 is 2.39 bits per heavy atom. The van der Waals surface area contributed by atoms with Gasteiger partial charge in [-0.1, -0.05) is 42.0 Å². The summed E-state index contributed by atoms with van der Waals surface area (Å²) in [7, 11) is -3.58. The summed E-state index contributed by atoms with van der Waals surface area (Å²) in [4.78, 5) is 0.396. The smallest absolute Gasteiger partial charge is 0.182 e. The standard InChI is InChI=1S/C17H16FNO2S2/c1-10-5-7-13(8-6-10)23(20,21)16-14(15(16)17(19)22)11-3-2-4-12(18)9-11/h2-9,14-16H,1H3,(H2,19,22)/t14-,15+,16-/m0/s1. The van der Waals surface area contributed by atoms with Gasteiger partial charge in [0.1, 0.15) is 5.82 Å². The lowest BCUT2D eigenvalue weighted by atomic mass is 10.1. The molecule has 3 nitrogen and oxygen atoms in total. The zero-order chi connectivity index (χ0) is 16.8. The maximum absolute atomic E-state index is 13.5. The van der Waals surface area contributed by atoms with Crippen LogP contribution in [0.1, 0.15) is 17.0 Å². The SMILES string of the molecule is Cc1ccc(S(=O)(=O)[C@@H]2[C@H](C(N)=S)[C@@H]2c2cccc(F)c2)cc1. The predicted molar refractivity (Wildman–Crippen MR) is 91.6 cm³/mol. The van der Waals surface area contributed by atoms with Crippen molar-refractivity contribution in [2.75, 3.05) is 0 Å². The van der Waals surface area contributed by atoms with Crippen molar-refractivity contribution in [3.8, 4) is 0 Å². The Labute approximate surface area is 140 Å². The fourth-order valence-electron chi connectivity index (χ4n) is 3.00. The second-order valence-electron chi connectivity index (χ2n) is 5.83. The van der Waals surface area contributed by atoms with Gasteiger partial charge in [0.05, 0.1) is 15.1 Å². The van der Waals surface area contributed by atoms with E-state index in [1.165, 1.54) is 12.1 Å². The van der Waals surface area contributed by atoms with Crippen molar-refractivity contribution in [2.45, 2.75) is 23.0 Å². The largest absolute Gasteiger partial charge is 0.393 e. The Bertz CT molecular complexity index is 862. The van der Waals surface area contributed by atoms with E-state index in [1.54, 1.807) is 36.4 Å². The summed E-state index contributed by atoms with van der Waals surface area (Å²) in [5.74, 6) is -1.25. The number of nitrogens with two attached hydrogens (primary N) is 1. The molecule has 6 heteroatoms. The molecule has 0 unspecified atom stereocenters. The number of hydrogen-bond acceptors (Lipinski definition) is 3. The van der Waals surface area contributed by atoms with Gasteiger partial charge in [-0.25, -0.2) is 12.8 Å². The van der Waals surface area contributed by atoms with E-state index >= 15 is 0 Å². The van der Waals surface area contributed by atoms with Crippen molar-refractivity contribution < 1.29 is 12.8 Å². The second kappa shape index (κ2) is 5.69. The van der Waals surface area contributed by atoms with Crippen LogP contribution in [0.15, 0.2) is 53.4 Å². The van der Waals surface area contributed by atoms with Gasteiger partial charge in [0.2, 0.25) is 0 Å². The van der Waals surface area contributed by atoms with Crippen LogP contribution in [0.25, 0.3) is 0 Å². The van der Waals surface area contributed by atoms with Crippen LogP contribution < -0.4 is 5.73 Å². The van der Waals surface area contributed by atoms with E-state index in [0.29, 0.717) is 5.56 Å². The molecule has 1 saturated carbocycles. The van der Waals surface area contributed by atoms with Gasteiger partial charge < -0.3 is 5.73 Å². The molecule has 0 heterocycles. The van der Waals surface area contributed by atoms with Crippen LogP contribution >= 0.6 is 12.2 Å². The topological polar surface area (TPSA) is 60.2 Å². The van der Waals surface area contributed by atoms with Gasteiger partial charge in [0.15, 0.2) is 9.84 Å². The summed E-state index contributed by atoms with van der Waals surface area (Å²) in [5.41, 5.74) is 7.32. The minimum Gasteiger partial charge on any atom is -0.393 e. The van der Waals surface area contributed by atoms with Gasteiger partial charge in [-0.3, -0.25) is 0 Å². The highest BCUT2D eigenvalue weighted by Gasteiger charge is 2.60. The molecule has 0 spiro atoms. The Hall–Kier alpha value is -1.79. The maximum atomic E-state index is 13.5. The summed E-state index contributed by atoms with van der Waals surface area (Å²) in [6.07, 6.45) is 0. The van der Waals surface area contributed by atoms with Gasteiger partial charge >= 0.3 is 0 Å². The van der Waals surface area contributed by atoms with Crippen LogP contribution in [0.3, 0.4) is 0 Å². The molecule has 2 aromatic rings. The molecule has 1 aliphatic rings. The van der Waals surface area contributed by atoms with Gasteiger partial charge in [-0.2, -0.15) is 0 Å². The average molecular weight is 349 g/mol. The Morgan fingerprint density at radius 2 is 1.83 bits per heavy atom. The lowest BCUT2D eigenvalue weighted by Gasteiger charge is -2.05. The van der Waals surface area contributed by atoms with Crippen molar-refractivity contribution in [2.24, 2.45) is 11.7 Å². The van der Waals surface area contributed by atoms with Crippen molar-refractivity contribution in [3.63, 3.8) is 0 Å². The van der Waals surface area contributed by atoms with E-state index < -0.39 is 32.7 Å². The molecule has 0 aromatic heterocycles. The molecule has 120 valence electrons. The van der Waals surface area contributed by atoms with E-state index in [1.807, 2.05) is 6.92 Å². The number of benzene rings is 2. The van der Waals surface area contributed by atoms with Gasteiger partial charge in [-0.05, 0) is 36.8 Å². The van der Waals surface area contributed by atoms with Crippen LogP contribution in [0.4, 0.5) is 4.39 Å². The minimum atomic E-state index is -3.58. The molecule has 2 N–H and O–H groups in total. The lowest BCUT2D eigenvalue weighted by Crippen LogP contribution is -2.17. The highest BCUT2D eigenvalue weighted by atomic mass is 32.2. The molecule has 23 heavy (non-hydrogen) atoms. The highest BCUT2D eigenvalue weighted by molar-refractivity contribution is 7.92. The Morgan fingerprint density at radius 1 is 1.17 bits per heavy atom. The van der Waals surface area contributed by atoms with Gasteiger partial charge in [0, 0.05) is 11.8 Å². The third-order valence-corrected chi connectivity index (χ3v) is 6.73. The summed E-state index contributed by atoms with van der Waals surface area (Å²) < 4.78 is 39.2. The monoisotopic (exact) mass is 349 g/mol. The first kappa shape index (κ1) is 16.1. The van der Waals surface area contributed by atoms with Gasteiger partial charge in [-0.15, -0.1) is 0 Å². The van der Waals surface area contributed by atoms with E-state index in [9.17, 15) is 12.8 Å². The van der Waals surface area contributed by atoms with Crippen LogP contribution in [0, 0.1) is 18.7 Å². The third kappa shape index (κ3) is 2.88. The van der Waals surface area contributed by atoms with E-state index in [2.05, 4.69) is 0 Å². The van der Waals surface area contributed by atoms with Crippen LogP contribution in [-0.2, 0) is 9.84 Å². The first-order valence-corrected chi connectivity index (χ1v) is 9.13. The fraction of sp³-hybridized carbons (Fsp3) is 0.235. The Kier molecular flexibility index (Phi) is 3.98. The minimum absolute atomic E-state index is 0.153. The zero-order valence-electron chi connectivity index (χ0n) is 12.4. The number of halogens is 1. The molecular weight excluding hydrogens is 333 g/mol. The summed E-state index contributed by atoms with van der Waals surface area (Å²) in [6.45, 7) is 1.89. The summed E-state index contributed by atoms with van der Waals surface area (Å²) >= 11 is 5.03. The molecule has 0 aliphatic heterocycles. The average Bonchev–Trinajstić information content (AvgIpc) is 3.24. The van der Waals surface area contributed by atoms with Crippen LogP contribution in [0.2, 0.25) is 0 Å². The fourth-order valence-corrected chi connectivity index (χ4v) is 5.54. The first-order valence-electron chi connectivity index (χ1n) is 7.18. The maximum Gasteiger partial charge on any atom is 0.182 e. The molecule has 1 fully saturated rings. The van der Waals surface area contributed by atoms with E-state index in [-0.39, 0.29) is 9.88 Å². The molecule has 3 atom stereocenters. The van der Waals surface area contributed by atoms with Crippen molar-refractivity contribution in [1.29, 1.82) is 0 Å². The third-order valence-electron chi connectivity index (χ3n) is 4.22. The molecule has 0 radical (unpaired) electrons. The molecule has 0 bridgehead atoms. The van der Waals surface area contributed by atoms with Crippen molar-refractivity contribution in [1.82, 2.24) is 0 Å². The van der Waals surface area contributed by atoms with Crippen LogP contribution in [-0.4, -0.2) is 18.7 Å². The number of thiocarbonyl (C=S) groups is 1. The van der Waals surface area contributed by atoms with Crippen molar-refractivity contribution in [3.05, 3.63) is 65.5 Å². The molecule has 1 aliphatic carbocycles. The predicted octanol–water partition coefficient (Wildman–Crippen LogP) is 2.98. The summed E-state index contributed by atoms with van der Waals surface area (Å²) in [6, 6.07) is 12.6. The quantitative estimate of drug-likeness (QED) is 0.862. The normalized spacial score (nSPS) is 23.5. The second-order valence-corrected chi connectivity index (χ2v) is 8.41. The molecular formula is C17H16FNO2S2. The van der Waals surface area contributed by atoms with Crippen LogP contribution in [0.5, 0.6) is 0 Å². The lowest BCUT2D eigenvalue weighted by molar-refractivity contribution is 0.593. The highest BCUT2D eigenvalue weighted by Crippen LogP contribution is 2.54. The number of hydrogen-bond donors (Lipinski definition) is 1. The zero-order valence-corrected chi connectivity index (χ0v) is 14.1. The number of rotatable bonds is 4. The number of aryl methyl sites for hydroxylation is 1. The molecule has 3 rings (SSSR count). The van der Waals surface area contributed by atoms with E-state index in [0.717, 1.165) is 5.56 Å². The van der Waals surface area contributed by atoms with Crippen molar-refractivity contribution >= 4 is 27.0 Å².